The maximum Gasteiger partial charge on any atom is 0.243 e. The second-order valence-corrected chi connectivity index (χ2v) is 9.11. The summed E-state index contributed by atoms with van der Waals surface area (Å²) in [4.78, 5) is 2.44. The molecule has 7 nitrogen and oxygen atoms in total. The summed E-state index contributed by atoms with van der Waals surface area (Å²) >= 11 is 0. The molecule has 8 heteroatoms. The van der Waals surface area contributed by atoms with Crippen LogP contribution < -0.4 is 9.64 Å². The van der Waals surface area contributed by atoms with Gasteiger partial charge in [0.05, 0.1) is 23.1 Å². The number of nitriles is 1. The van der Waals surface area contributed by atoms with E-state index in [9.17, 15) is 8.42 Å². The average molecular weight is 430 g/mol. The highest BCUT2D eigenvalue weighted by Gasteiger charge is 2.27. The van der Waals surface area contributed by atoms with E-state index < -0.39 is 10.0 Å². The minimum atomic E-state index is -3.58. The third-order valence-corrected chi connectivity index (χ3v) is 7.04. The predicted molar refractivity (Wildman–Crippen MR) is 115 cm³/mol. The molecule has 0 saturated carbocycles. The molecular weight excluding hydrogens is 402 g/mol. The van der Waals surface area contributed by atoms with Gasteiger partial charge in [-0.2, -0.15) is 9.57 Å². The molecule has 30 heavy (non-hydrogen) atoms. The highest BCUT2D eigenvalue weighted by atomic mass is 32.2. The lowest BCUT2D eigenvalue weighted by atomic mass is 10.2. The zero-order valence-electron chi connectivity index (χ0n) is 17.4. The average Bonchev–Trinajstić information content (AvgIpc) is 3.02. The maximum atomic E-state index is 13.2. The Hall–Kier alpha value is -2.60. The first-order chi connectivity index (χ1) is 14.5. The summed E-state index contributed by atoms with van der Waals surface area (Å²) < 4.78 is 38.6. The molecule has 1 aliphatic heterocycles. The molecule has 1 fully saturated rings. The van der Waals surface area contributed by atoms with E-state index in [0.29, 0.717) is 44.2 Å². The van der Waals surface area contributed by atoms with Gasteiger partial charge in [0.15, 0.2) is 0 Å². The Morgan fingerprint density at radius 1 is 1.03 bits per heavy atom. The summed E-state index contributed by atoms with van der Waals surface area (Å²) in [6.45, 7) is 4.99. The van der Waals surface area contributed by atoms with Crippen LogP contribution in [0.1, 0.15) is 17.5 Å². The number of methoxy groups -OCH3 is 1. The van der Waals surface area contributed by atoms with Crippen LogP contribution in [-0.4, -0.2) is 59.2 Å². The molecule has 0 unspecified atom stereocenters. The van der Waals surface area contributed by atoms with Crippen LogP contribution in [-0.2, 0) is 14.8 Å². The first kappa shape index (κ1) is 22.1. The van der Waals surface area contributed by atoms with Gasteiger partial charge in [-0.1, -0.05) is 0 Å². The summed E-state index contributed by atoms with van der Waals surface area (Å²) in [5, 5.41) is 8.96. The van der Waals surface area contributed by atoms with E-state index in [1.54, 1.807) is 41.7 Å². The Labute approximate surface area is 178 Å². The molecule has 2 aromatic rings. The van der Waals surface area contributed by atoms with Crippen molar-refractivity contribution in [1.29, 1.82) is 5.26 Å². The number of aryl methyl sites for hydroxylation is 1. The van der Waals surface area contributed by atoms with E-state index in [-0.39, 0.29) is 4.90 Å². The Balaban J connectivity index is 1.70. The van der Waals surface area contributed by atoms with Gasteiger partial charge in [-0.25, -0.2) is 8.42 Å². The van der Waals surface area contributed by atoms with Crippen LogP contribution in [0.3, 0.4) is 0 Å². The van der Waals surface area contributed by atoms with Crippen molar-refractivity contribution >= 4 is 15.7 Å². The van der Waals surface area contributed by atoms with Crippen molar-refractivity contribution in [3.63, 3.8) is 0 Å². The zero-order valence-corrected chi connectivity index (χ0v) is 18.2. The highest BCUT2D eigenvalue weighted by Crippen LogP contribution is 2.25. The number of hydrogen-bond donors (Lipinski definition) is 0. The van der Waals surface area contributed by atoms with Gasteiger partial charge in [-0.3, -0.25) is 0 Å². The molecule has 0 amide bonds. The summed E-state index contributed by atoms with van der Waals surface area (Å²) in [6, 6.07) is 14.5. The lowest BCUT2D eigenvalue weighted by Gasteiger charge is -2.23. The van der Waals surface area contributed by atoms with Crippen LogP contribution in [0.25, 0.3) is 0 Å². The van der Waals surface area contributed by atoms with E-state index in [2.05, 4.69) is 11.0 Å². The number of benzene rings is 2. The van der Waals surface area contributed by atoms with Gasteiger partial charge >= 0.3 is 0 Å². The van der Waals surface area contributed by atoms with Gasteiger partial charge in [0.2, 0.25) is 10.0 Å². The normalized spacial score (nSPS) is 15.4. The molecule has 2 aromatic carbocycles. The van der Waals surface area contributed by atoms with E-state index >= 15 is 0 Å². The van der Waals surface area contributed by atoms with Gasteiger partial charge in [0.1, 0.15) is 12.4 Å². The third-order valence-electron chi connectivity index (χ3n) is 5.15. The molecule has 160 valence electrons. The standard InChI is InChI=1S/C22H27N3O4S/c1-18-16-21(8-9-22(18)29-15-14-28-2)30(26,27)25-11-3-10-24(12-13-25)20-6-4-19(17-23)5-7-20/h4-9,16H,3,10-15H2,1-2H3. The first-order valence-corrected chi connectivity index (χ1v) is 11.4. The van der Waals surface area contributed by atoms with E-state index in [1.807, 2.05) is 19.1 Å². The van der Waals surface area contributed by atoms with Gasteiger partial charge in [0, 0.05) is 39.0 Å². The van der Waals surface area contributed by atoms with Gasteiger partial charge in [0.25, 0.3) is 0 Å². The molecule has 0 atom stereocenters. The monoisotopic (exact) mass is 429 g/mol. The maximum absolute atomic E-state index is 13.2. The van der Waals surface area contributed by atoms with Gasteiger partial charge < -0.3 is 14.4 Å². The van der Waals surface area contributed by atoms with Crippen LogP contribution in [0.2, 0.25) is 0 Å². The highest BCUT2D eigenvalue weighted by molar-refractivity contribution is 7.89. The number of ether oxygens (including phenoxy) is 2. The van der Waals surface area contributed by atoms with Crippen LogP contribution in [0.15, 0.2) is 47.4 Å². The van der Waals surface area contributed by atoms with E-state index in [1.165, 1.54) is 0 Å². The lowest BCUT2D eigenvalue weighted by Crippen LogP contribution is -2.35. The molecule has 0 aliphatic carbocycles. The number of sulfonamides is 1. The molecule has 0 bridgehead atoms. The molecule has 1 heterocycles. The Bertz CT molecular complexity index is 1000. The van der Waals surface area contributed by atoms with Crippen LogP contribution >= 0.6 is 0 Å². The minimum absolute atomic E-state index is 0.283. The SMILES string of the molecule is COCCOc1ccc(S(=O)(=O)N2CCCN(c3ccc(C#N)cc3)CC2)cc1C. The van der Waals surface area contributed by atoms with Crippen LogP contribution in [0.4, 0.5) is 5.69 Å². The zero-order chi connectivity index (χ0) is 21.6. The van der Waals surface area contributed by atoms with Crippen molar-refractivity contribution < 1.29 is 17.9 Å². The summed E-state index contributed by atoms with van der Waals surface area (Å²) in [7, 11) is -1.98. The fourth-order valence-corrected chi connectivity index (χ4v) is 5.02. The smallest absolute Gasteiger partial charge is 0.243 e. The van der Waals surface area contributed by atoms with Crippen LogP contribution in [0, 0.1) is 18.3 Å². The van der Waals surface area contributed by atoms with E-state index in [4.69, 9.17) is 14.7 Å². The second kappa shape index (κ2) is 9.94. The molecule has 0 spiro atoms. The Morgan fingerprint density at radius 2 is 1.80 bits per heavy atom. The van der Waals surface area contributed by atoms with Crippen molar-refractivity contribution in [2.24, 2.45) is 0 Å². The summed E-state index contributed by atoms with van der Waals surface area (Å²) in [5.41, 5.74) is 2.39. The largest absolute Gasteiger partial charge is 0.491 e. The minimum Gasteiger partial charge on any atom is -0.491 e. The lowest BCUT2D eigenvalue weighted by molar-refractivity contribution is 0.146. The Kier molecular flexibility index (Phi) is 7.32. The fraction of sp³-hybridized carbons (Fsp3) is 0.409. The molecule has 0 N–H and O–H groups in total. The molecule has 0 radical (unpaired) electrons. The molecule has 3 rings (SSSR count). The van der Waals surface area contributed by atoms with Crippen molar-refractivity contribution in [1.82, 2.24) is 4.31 Å². The fourth-order valence-electron chi connectivity index (χ4n) is 3.47. The van der Waals surface area contributed by atoms with Gasteiger partial charge in [-0.05, 0) is 61.4 Å². The number of hydrogen-bond acceptors (Lipinski definition) is 6. The molecule has 0 aromatic heterocycles. The summed E-state index contributed by atoms with van der Waals surface area (Å²) in [5.74, 6) is 0.661. The molecule has 1 saturated heterocycles. The first-order valence-electron chi connectivity index (χ1n) is 9.93. The second-order valence-electron chi connectivity index (χ2n) is 7.17. The molecular formula is C22H27N3O4S. The van der Waals surface area contributed by atoms with Crippen molar-refractivity contribution in [2.45, 2.75) is 18.2 Å². The predicted octanol–water partition coefficient (Wildman–Crippen LogP) is 2.79. The summed E-state index contributed by atoms with van der Waals surface area (Å²) in [6.07, 6.45) is 0.733. The van der Waals surface area contributed by atoms with E-state index in [0.717, 1.165) is 24.2 Å². The number of nitrogens with zero attached hydrogens (tertiary/aromatic N) is 3. The number of rotatable bonds is 7. The number of anilines is 1. The Morgan fingerprint density at radius 3 is 2.47 bits per heavy atom. The third kappa shape index (κ3) is 5.11. The van der Waals surface area contributed by atoms with Crippen LogP contribution in [0.5, 0.6) is 5.75 Å². The van der Waals surface area contributed by atoms with Crippen molar-refractivity contribution in [2.75, 3.05) is 51.4 Å². The topological polar surface area (TPSA) is 82.9 Å². The van der Waals surface area contributed by atoms with Gasteiger partial charge in [-0.15, -0.1) is 0 Å². The molecule has 1 aliphatic rings. The van der Waals surface area contributed by atoms with Crippen molar-refractivity contribution in [3.05, 3.63) is 53.6 Å². The quantitative estimate of drug-likeness (QED) is 0.630. The van der Waals surface area contributed by atoms with Crippen molar-refractivity contribution in [3.8, 4) is 11.8 Å².